The molecule has 0 radical (unpaired) electrons. The average Bonchev–Trinajstić information content (AvgIpc) is 2.44. The summed E-state index contributed by atoms with van der Waals surface area (Å²) >= 11 is 0. The zero-order valence-electron chi connectivity index (χ0n) is 12.7. The molecule has 1 rings (SSSR count). The molecule has 5 heteroatoms. The lowest BCUT2D eigenvalue weighted by molar-refractivity contribution is 0.229. The normalized spacial score (nSPS) is 12.2. The van der Waals surface area contributed by atoms with Crippen molar-refractivity contribution in [3.05, 3.63) is 41.7 Å². The van der Waals surface area contributed by atoms with E-state index in [1.54, 1.807) is 37.3 Å². The maximum atomic E-state index is 12.6. The number of ether oxygens (including phenoxy) is 1. The van der Waals surface area contributed by atoms with Crippen molar-refractivity contribution in [3.63, 3.8) is 0 Å². The first-order chi connectivity index (χ1) is 9.91. The minimum Gasteiger partial charge on any atom is -0.499 e. The molecule has 0 aromatic heterocycles. The van der Waals surface area contributed by atoms with Crippen LogP contribution in [-0.4, -0.2) is 32.4 Å². The zero-order chi connectivity index (χ0) is 15.9. The topological polar surface area (TPSA) is 46.6 Å². The van der Waals surface area contributed by atoms with Crippen LogP contribution in [0.15, 0.2) is 41.0 Å². The zero-order valence-corrected chi connectivity index (χ0v) is 13.5. The Hall–Kier alpha value is -1.77. The predicted octanol–water partition coefficient (Wildman–Crippen LogP) is 2.56. The average molecular weight is 307 g/mol. The van der Waals surface area contributed by atoms with E-state index < -0.39 is 10.0 Å². The number of nitrogens with zero attached hydrogens (tertiary/aromatic N) is 1. The first-order valence-corrected chi connectivity index (χ1v) is 8.15. The fourth-order valence-corrected chi connectivity index (χ4v) is 3.02. The molecule has 1 aromatic rings. The monoisotopic (exact) mass is 307 g/mol. The number of aryl methyl sites for hydroxylation is 1. The van der Waals surface area contributed by atoms with E-state index in [4.69, 9.17) is 11.2 Å². The van der Waals surface area contributed by atoms with Crippen molar-refractivity contribution < 1.29 is 13.2 Å². The molecule has 4 nitrogen and oxygen atoms in total. The van der Waals surface area contributed by atoms with E-state index in [0.717, 1.165) is 5.56 Å². The van der Waals surface area contributed by atoms with Crippen LogP contribution in [0.25, 0.3) is 0 Å². The molecule has 0 N–H and O–H groups in total. The maximum Gasteiger partial charge on any atom is 0.244 e. The van der Waals surface area contributed by atoms with Crippen molar-refractivity contribution in [1.82, 2.24) is 4.31 Å². The molecule has 21 heavy (non-hydrogen) atoms. The second-order valence-electron chi connectivity index (χ2n) is 4.56. The van der Waals surface area contributed by atoms with E-state index >= 15 is 0 Å². The van der Waals surface area contributed by atoms with Gasteiger partial charge in [0.15, 0.2) is 0 Å². The van der Waals surface area contributed by atoms with Crippen LogP contribution in [0, 0.1) is 19.3 Å². The van der Waals surface area contributed by atoms with Gasteiger partial charge in [0.05, 0.1) is 23.8 Å². The molecular weight excluding hydrogens is 286 g/mol. The highest BCUT2D eigenvalue weighted by atomic mass is 32.2. The molecule has 0 fully saturated rings. The number of rotatable bonds is 7. The summed E-state index contributed by atoms with van der Waals surface area (Å²) in [5.41, 5.74) is 1.00. The number of allylic oxidation sites excluding steroid dienone is 1. The Morgan fingerprint density at radius 2 is 2.00 bits per heavy atom. The number of hydrogen-bond acceptors (Lipinski definition) is 3. The molecule has 0 saturated carbocycles. The van der Waals surface area contributed by atoms with Gasteiger partial charge in [0.1, 0.15) is 0 Å². The molecule has 0 saturated heterocycles. The van der Waals surface area contributed by atoms with Crippen LogP contribution in [-0.2, 0) is 14.8 Å². The van der Waals surface area contributed by atoms with E-state index in [1.807, 2.05) is 13.8 Å². The summed E-state index contributed by atoms with van der Waals surface area (Å²) in [5, 5.41) is 0. The summed E-state index contributed by atoms with van der Waals surface area (Å²) < 4.78 is 31.7. The van der Waals surface area contributed by atoms with Crippen LogP contribution >= 0.6 is 0 Å². The van der Waals surface area contributed by atoms with Gasteiger partial charge in [-0.05, 0) is 39.0 Å². The minimum atomic E-state index is -3.60. The lowest BCUT2D eigenvalue weighted by atomic mass is 10.2. The number of terminal acetylenes is 1. The van der Waals surface area contributed by atoms with Crippen LogP contribution in [0.4, 0.5) is 0 Å². The van der Waals surface area contributed by atoms with E-state index in [1.165, 1.54) is 4.31 Å². The Labute approximate surface area is 127 Å². The highest BCUT2D eigenvalue weighted by molar-refractivity contribution is 7.89. The third-order valence-electron chi connectivity index (χ3n) is 2.88. The van der Waals surface area contributed by atoms with Gasteiger partial charge in [0.2, 0.25) is 10.0 Å². The van der Waals surface area contributed by atoms with E-state index in [2.05, 4.69) is 5.92 Å². The first kappa shape index (κ1) is 17.3. The van der Waals surface area contributed by atoms with Crippen molar-refractivity contribution in [2.75, 3.05) is 19.7 Å². The molecular formula is C16H21NO3S. The summed E-state index contributed by atoms with van der Waals surface area (Å²) in [6.07, 6.45) is 7.00. The molecule has 0 aliphatic heterocycles. The van der Waals surface area contributed by atoms with Crippen LogP contribution in [0.1, 0.15) is 19.4 Å². The van der Waals surface area contributed by atoms with Gasteiger partial charge in [-0.15, -0.1) is 6.42 Å². The van der Waals surface area contributed by atoms with Gasteiger partial charge in [0.25, 0.3) is 0 Å². The highest BCUT2D eigenvalue weighted by Gasteiger charge is 2.22. The largest absolute Gasteiger partial charge is 0.499 e. The van der Waals surface area contributed by atoms with E-state index in [9.17, 15) is 8.42 Å². The molecule has 114 valence electrons. The van der Waals surface area contributed by atoms with Gasteiger partial charge in [-0.1, -0.05) is 23.6 Å². The number of benzene rings is 1. The molecule has 0 unspecified atom stereocenters. The molecule has 1 aromatic carbocycles. The standard InChI is InChI=1S/C16H21NO3S/c1-5-12-17(13-11-15(4)20-6-2)21(18,19)16-9-7-14(3)8-10-16/h1,7-11H,6,12-13H2,2-4H3/b15-11+. The Morgan fingerprint density at radius 1 is 1.38 bits per heavy atom. The third kappa shape index (κ3) is 4.92. The molecule has 0 amide bonds. The van der Waals surface area contributed by atoms with Gasteiger partial charge in [-0.25, -0.2) is 8.42 Å². The van der Waals surface area contributed by atoms with E-state index in [0.29, 0.717) is 12.4 Å². The van der Waals surface area contributed by atoms with Crippen LogP contribution in [0.3, 0.4) is 0 Å². The van der Waals surface area contributed by atoms with Gasteiger partial charge in [-0.3, -0.25) is 0 Å². The summed E-state index contributed by atoms with van der Waals surface area (Å²) in [4.78, 5) is 0.241. The molecule has 0 aliphatic rings. The Bertz CT molecular complexity index is 624. The third-order valence-corrected chi connectivity index (χ3v) is 4.71. The lowest BCUT2D eigenvalue weighted by Crippen LogP contribution is -2.31. The van der Waals surface area contributed by atoms with Crippen molar-refractivity contribution in [2.24, 2.45) is 0 Å². The van der Waals surface area contributed by atoms with Crippen molar-refractivity contribution in [2.45, 2.75) is 25.7 Å². The Morgan fingerprint density at radius 3 is 2.52 bits per heavy atom. The van der Waals surface area contributed by atoms with Crippen LogP contribution in [0.2, 0.25) is 0 Å². The fraction of sp³-hybridized carbons (Fsp3) is 0.375. The van der Waals surface area contributed by atoms with Gasteiger partial charge >= 0.3 is 0 Å². The van der Waals surface area contributed by atoms with E-state index in [-0.39, 0.29) is 18.0 Å². The Balaban J connectivity index is 3.01. The molecule has 0 bridgehead atoms. The van der Waals surface area contributed by atoms with Crippen molar-refractivity contribution in [3.8, 4) is 12.3 Å². The maximum absolute atomic E-state index is 12.6. The number of sulfonamides is 1. The highest BCUT2D eigenvalue weighted by Crippen LogP contribution is 2.16. The van der Waals surface area contributed by atoms with Crippen LogP contribution in [0.5, 0.6) is 0 Å². The Kier molecular flexibility index (Phi) is 6.47. The predicted molar refractivity (Wildman–Crippen MR) is 84.2 cm³/mol. The summed E-state index contributed by atoms with van der Waals surface area (Å²) in [6, 6.07) is 6.71. The number of hydrogen-bond donors (Lipinski definition) is 0. The lowest BCUT2D eigenvalue weighted by Gasteiger charge is -2.18. The quantitative estimate of drug-likeness (QED) is 0.574. The molecule has 0 atom stereocenters. The summed E-state index contributed by atoms with van der Waals surface area (Å²) in [7, 11) is -3.60. The molecule has 0 aliphatic carbocycles. The summed E-state index contributed by atoms with van der Waals surface area (Å²) in [6.45, 7) is 6.32. The smallest absolute Gasteiger partial charge is 0.244 e. The summed E-state index contributed by atoms with van der Waals surface area (Å²) in [5.74, 6) is 3.07. The van der Waals surface area contributed by atoms with Gasteiger partial charge < -0.3 is 4.74 Å². The minimum absolute atomic E-state index is 0.0200. The fourth-order valence-electron chi connectivity index (χ4n) is 1.73. The molecule has 0 spiro atoms. The van der Waals surface area contributed by atoms with Crippen molar-refractivity contribution in [1.29, 1.82) is 0 Å². The van der Waals surface area contributed by atoms with Gasteiger partial charge in [-0.2, -0.15) is 4.31 Å². The van der Waals surface area contributed by atoms with Gasteiger partial charge in [0, 0.05) is 6.54 Å². The first-order valence-electron chi connectivity index (χ1n) is 6.71. The SMILES string of the molecule is C#CCN(C/C=C(\C)OCC)S(=O)(=O)c1ccc(C)cc1. The van der Waals surface area contributed by atoms with Crippen LogP contribution < -0.4 is 0 Å². The molecule has 0 heterocycles. The van der Waals surface area contributed by atoms with Crippen molar-refractivity contribution >= 4 is 10.0 Å². The second kappa shape index (κ2) is 7.87. The second-order valence-corrected chi connectivity index (χ2v) is 6.50.